The SMILES string of the molecule is COc1nsc(CNc2nnc(C(C)C)s2)c1Br. The highest BCUT2D eigenvalue weighted by Crippen LogP contribution is 2.32. The molecule has 5 nitrogen and oxygen atoms in total. The summed E-state index contributed by atoms with van der Waals surface area (Å²) in [6.45, 7) is 4.87. The summed E-state index contributed by atoms with van der Waals surface area (Å²) in [5.74, 6) is 1.03. The van der Waals surface area contributed by atoms with Crippen molar-refractivity contribution in [2.75, 3.05) is 12.4 Å². The van der Waals surface area contributed by atoms with Crippen molar-refractivity contribution in [2.45, 2.75) is 26.3 Å². The normalized spacial score (nSPS) is 10.9. The molecule has 0 fully saturated rings. The number of aromatic nitrogens is 3. The molecule has 2 aromatic heterocycles. The topological polar surface area (TPSA) is 59.9 Å². The van der Waals surface area contributed by atoms with Gasteiger partial charge in [-0.3, -0.25) is 0 Å². The van der Waals surface area contributed by atoms with Crippen LogP contribution in [0.3, 0.4) is 0 Å². The minimum Gasteiger partial charge on any atom is -0.480 e. The van der Waals surface area contributed by atoms with Crippen LogP contribution in [0.5, 0.6) is 5.88 Å². The zero-order chi connectivity index (χ0) is 13.1. The molecule has 98 valence electrons. The predicted octanol–water partition coefficient (Wildman–Crippen LogP) is 3.50. The number of rotatable bonds is 5. The van der Waals surface area contributed by atoms with E-state index in [-0.39, 0.29) is 0 Å². The highest BCUT2D eigenvalue weighted by molar-refractivity contribution is 9.10. The molecule has 2 aromatic rings. The van der Waals surface area contributed by atoms with Gasteiger partial charge in [0, 0.05) is 5.92 Å². The number of methoxy groups -OCH3 is 1. The van der Waals surface area contributed by atoms with Crippen LogP contribution in [0.1, 0.15) is 29.7 Å². The molecular formula is C10H13BrN4OS2. The van der Waals surface area contributed by atoms with E-state index in [9.17, 15) is 0 Å². The molecule has 2 heterocycles. The predicted molar refractivity (Wildman–Crippen MR) is 77.7 cm³/mol. The molecular weight excluding hydrogens is 336 g/mol. The van der Waals surface area contributed by atoms with Crippen molar-refractivity contribution in [3.8, 4) is 5.88 Å². The average Bonchev–Trinajstić information content (AvgIpc) is 2.93. The van der Waals surface area contributed by atoms with Crippen molar-refractivity contribution in [3.05, 3.63) is 14.4 Å². The van der Waals surface area contributed by atoms with Crippen LogP contribution in [-0.4, -0.2) is 21.7 Å². The van der Waals surface area contributed by atoms with Gasteiger partial charge in [-0.15, -0.1) is 10.2 Å². The monoisotopic (exact) mass is 348 g/mol. The molecule has 0 bridgehead atoms. The summed E-state index contributed by atoms with van der Waals surface area (Å²) in [7, 11) is 1.61. The highest BCUT2D eigenvalue weighted by atomic mass is 79.9. The molecule has 0 unspecified atom stereocenters. The fourth-order valence-electron chi connectivity index (χ4n) is 1.23. The van der Waals surface area contributed by atoms with Gasteiger partial charge in [0.25, 0.3) is 0 Å². The minimum atomic E-state index is 0.410. The van der Waals surface area contributed by atoms with E-state index in [1.54, 1.807) is 18.4 Å². The average molecular weight is 349 g/mol. The summed E-state index contributed by atoms with van der Waals surface area (Å²) >= 11 is 6.45. The highest BCUT2D eigenvalue weighted by Gasteiger charge is 2.12. The van der Waals surface area contributed by atoms with E-state index in [0.717, 1.165) is 19.5 Å². The van der Waals surface area contributed by atoms with E-state index >= 15 is 0 Å². The molecule has 1 N–H and O–H groups in total. The molecule has 0 aromatic carbocycles. The van der Waals surface area contributed by atoms with Crippen LogP contribution >= 0.6 is 38.8 Å². The van der Waals surface area contributed by atoms with Gasteiger partial charge >= 0.3 is 0 Å². The van der Waals surface area contributed by atoms with Crippen LogP contribution in [0.2, 0.25) is 0 Å². The molecule has 0 aliphatic rings. The van der Waals surface area contributed by atoms with Gasteiger partial charge in [0.05, 0.1) is 23.0 Å². The maximum atomic E-state index is 5.11. The second kappa shape index (κ2) is 5.94. The van der Waals surface area contributed by atoms with Crippen molar-refractivity contribution in [1.82, 2.24) is 14.6 Å². The Morgan fingerprint density at radius 2 is 2.17 bits per heavy atom. The van der Waals surface area contributed by atoms with Crippen molar-refractivity contribution in [3.63, 3.8) is 0 Å². The Kier molecular flexibility index (Phi) is 4.52. The van der Waals surface area contributed by atoms with Crippen LogP contribution in [0.25, 0.3) is 0 Å². The Morgan fingerprint density at radius 1 is 1.39 bits per heavy atom. The minimum absolute atomic E-state index is 0.410. The first-order valence-corrected chi connectivity index (χ1v) is 7.75. The lowest BCUT2D eigenvalue weighted by molar-refractivity contribution is 0.400. The molecule has 8 heteroatoms. The Hall–Kier alpha value is -0.730. The maximum Gasteiger partial charge on any atom is 0.239 e. The van der Waals surface area contributed by atoms with Gasteiger partial charge in [-0.1, -0.05) is 25.2 Å². The number of anilines is 1. The molecule has 0 saturated heterocycles. The van der Waals surface area contributed by atoms with E-state index in [0.29, 0.717) is 18.3 Å². The summed E-state index contributed by atoms with van der Waals surface area (Å²) in [4.78, 5) is 1.08. The summed E-state index contributed by atoms with van der Waals surface area (Å²) in [5.41, 5.74) is 0. The zero-order valence-corrected chi connectivity index (χ0v) is 13.4. The van der Waals surface area contributed by atoms with Crippen LogP contribution < -0.4 is 10.1 Å². The number of nitrogens with zero attached hydrogens (tertiary/aromatic N) is 3. The largest absolute Gasteiger partial charge is 0.480 e. The van der Waals surface area contributed by atoms with Crippen LogP contribution in [0, 0.1) is 0 Å². The quantitative estimate of drug-likeness (QED) is 0.895. The van der Waals surface area contributed by atoms with Gasteiger partial charge in [0.1, 0.15) is 5.01 Å². The van der Waals surface area contributed by atoms with Crippen molar-refractivity contribution in [2.24, 2.45) is 0 Å². The van der Waals surface area contributed by atoms with E-state index in [4.69, 9.17) is 4.74 Å². The molecule has 0 amide bonds. The van der Waals surface area contributed by atoms with Crippen LogP contribution in [0.15, 0.2) is 4.47 Å². The maximum absolute atomic E-state index is 5.11. The molecule has 0 radical (unpaired) electrons. The fraction of sp³-hybridized carbons (Fsp3) is 0.500. The third kappa shape index (κ3) is 2.99. The second-order valence-electron chi connectivity index (χ2n) is 3.88. The number of nitrogens with one attached hydrogen (secondary N) is 1. The Bertz CT molecular complexity index is 526. The standard InChI is InChI=1S/C10H13BrN4OS2/c1-5(2)9-13-14-10(17-9)12-4-6-7(11)8(16-3)15-18-6/h5H,4H2,1-3H3,(H,12,14). The van der Waals surface area contributed by atoms with E-state index in [1.165, 1.54) is 11.5 Å². The molecule has 0 saturated carbocycles. The Labute approximate surface area is 122 Å². The lowest BCUT2D eigenvalue weighted by Gasteiger charge is -1.99. The van der Waals surface area contributed by atoms with Gasteiger partial charge in [0.2, 0.25) is 11.0 Å². The summed E-state index contributed by atoms with van der Waals surface area (Å²) in [5, 5.41) is 13.3. The van der Waals surface area contributed by atoms with Gasteiger partial charge in [0.15, 0.2) is 0 Å². The summed E-state index contributed by atoms with van der Waals surface area (Å²) in [6, 6.07) is 0. The van der Waals surface area contributed by atoms with E-state index in [2.05, 4.69) is 49.7 Å². The third-order valence-electron chi connectivity index (χ3n) is 2.20. The van der Waals surface area contributed by atoms with Crippen LogP contribution in [0.4, 0.5) is 5.13 Å². The number of ether oxygens (including phenoxy) is 1. The first kappa shape index (κ1) is 13.7. The van der Waals surface area contributed by atoms with Crippen molar-refractivity contribution in [1.29, 1.82) is 0 Å². The first-order chi connectivity index (χ1) is 8.61. The van der Waals surface area contributed by atoms with E-state index < -0.39 is 0 Å². The number of hydrogen-bond acceptors (Lipinski definition) is 7. The number of hydrogen-bond donors (Lipinski definition) is 1. The first-order valence-electron chi connectivity index (χ1n) is 5.37. The molecule has 0 atom stereocenters. The van der Waals surface area contributed by atoms with E-state index in [1.807, 2.05) is 0 Å². The van der Waals surface area contributed by atoms with Gasteiger partial charge in [-0.25, -0.2) is 0 Å². The smallest absolute Gasteiger partial charge is 0.239 e. The third-order valence-corrected chi connectivity index (χ3v) is 5.29. The second-order valence-corrected chi connectivity index (χ2v) is 6.54. The summed E-state index contributed by atoms with van der Waals surface area (Å²) in [6.07, 6.45) is 0. The van der Waals surface area contributed by atoms with Gasteiger partial charge in [-0.05, 0) is 27.5 Å². The van der Waals surface area contributed by atoms with Gasteiger partial charge in [-0.2, -0.15) is 4.37 Å². The lowest BCUT2D eigenvalue weighted by Crippen LogP contribution is -1.97. The fourth-order valence-corrected chi connectivity index (χ4v) is 3.36. The molecule has 0 spiro atoms. The molecule has 0 aliphatic heterocycles. The Morgan fingerprint density at radius 3 is 2.72 bits per heavy atom. The molecule has 0 aliphatic carbocycles. The van der Waals surface area contributed by atoms with Crippen LogP contribution in [-0.2, 0) is 6.54 Å². The number of halogens is 1. The Balaban J connectivity index is 2.00. The molecule has 2 rings (SSSR count). The zero-order valence-electron chi connectivity index (χ0n) is 10.2. The summed E-state index contributed by atoms with van der Waals surface area (Å²) < 4.78 is 10.2. The van der Waals surface area contributed by atoms with Crippen molar-refractivity contribution >= 4 is 43.9 Å². The van der Waals surface area contributed by atoms with Gasteiger partial charge < -0.3 is 10.1 Å². The lowest BCUT2D eigenvalue weighted by atomic mass is 10.2. The molecule has 18 heavy (non-hydrogen) atoms. The van der Waals surface area contributed by atoms with Crippen molar-refractivity contribution < 1.29 is 4.74 Å².